The minimum Gasteiger partial charge on any atom is -0.378 e. The Balaban J connectivity index is 1.31. The summed E-state index contributed by atoms with van der Waals surface area (Å²) in [7, 11) is 0. The molecule has 8 nitrogen and oxygen atoms in total. The summed E-state index contributed by atoms with van der Waals surface area (Å²) in [5, 5.41) is 11.8. The molecule has 4 heterocycles. The van der Waals surface area contributed by atoms with Crippen LogP contribution in [0.25, 0.3) is 5.65 Å². The molecular weight excluding hydrogens is 318 g/mol. The maximum absolute atomic E-state index is 5.38. The fourth-order valence-corrected chi connectivity index (χ4v) is 2.93. The van der Waals surface area contributed by atoms with Gasteiger partial charge in [0, 0.05) is 38.3 Å². The molecule has 1 saturated heterocycles. The van der Waals surface area contributed by atoms with Gasteiger partial charge in [-0.3, -0.25) is 4.40 Å². The highest BCUT2D eigenvalue weighted by atomic mass is 16.5. The summed E-state index contributed by atoms with van der Waals surface area (Å²) in [6.45, 7) is 4.06. The first-order chi connectivity index (χ1) is 12.4. The van der Waals surface area contributed by atoms with Crippen molar-refractivity contribution in [2.24, 2.45) is 0 Å². The Hall–Kier alpha value is -2.74. The minimum atomic E-state index is 0.749. The van der Waals surface area contributed by atoms with Gasteiger partial charge in [0.05, 0.1) is 13.2 Å². The van der Waals surface area contributed by atoms with Gasteiger partial charge in [-0.25, -0.2) is 9.97 Å². The molecule has 0 aromatic carbocycles. The highest BCUT2D eigenvalue weighted by Crippen LogP contribution is 2.15. The van der Waals surface area contributed by atoms with Crippen LogP contribution in [0, 0.1) is 0 Å². The van der Waals surface area contributed by atoms with Crippen LogP contribution in [-0.2, 0) is 11.2 Å². The van der Waals surface area contributed by atoms with Gasteiger partial charge in [0.1, 0.15) is 23.8 Å². The second-order valence-corrected chi connectivity index (χ2v) is 5.94. The SMILES string of the molecule is c1ccn2c(CCCNc3cc(N4CCOCC4)ncn3)nnc2c1. The fourth-order valence-electron chi connectivity index (χ4n) is 2.93. The average molecular weight is 339 g/mol. The highest BCUT2D eigenvalue weighted by molar-refractivity contribution is 5.48. The van der Waals surface area contributed by atoms with Crippen molar-refractivity contribution in [3.63, 3.8) is 0 Å². The molecule has 0 atom stereocenters. The Kier molecular flexibility index (Phi) is 4.69. The lowest BCUT2D eigenvalue weighted by Crippen LogP contribution is -2.36. The molecule has 0 saturated carbocycles. The van der Waals surface area contributed by atoms with Crippen LogP contribution in [0.1, 0.15) is 12.2 Å². The van der Waals surface area contributed by atoms with Gasteiger partial charge in [0.25, 0.3) is 0 Å². The summed E-state index contributed by atoms with van der Waals surface area (Å²) in [6.07, 6.45) is 5.42. The van der Waals surface area contributed by atoms with Crippen molar-refractivity contribution in [1.29, 1.82) is 0 Å². The number of pyridine rings is 1. The van der Waals surface area contributed by atoms with E-state index in [1.54, 1.807) is 6.33 Å². The topological polar surface area (TPSA) is 80.5 Å². The van der Waals surface area contributed by atoms with Crippen LogP contribution in [0.4, 0.5) is 11.6 Å². The Bertz CT molecular complexity index is 828. The molecule has 0 bridgehead atoms. The van der Waals surface area contributed by atoms with Crippen LogP contribution in [0.2, 0.25) is 0 Å². The summed E-state index contributed by atoms with van der Waals surface area (Å²) >= 11 is 0. The first kappa shape index (κ1) is 15.8. The van der Waals surface area contributed by atoms with Crippen LogP contribution in [0.3, 0.4) is 0 Å². The number of aryl methyl sites for hydroxylation is 1. The average Bonchev–Trinajstić information content (AvgIpc) is 3.09. The van der Waals surface area contributed by atoms with Crippen molar-refractivity contribution in [2.75, 3.05) is 43.1 Å². The molecule has 8 heteroatoms. The predicted molar refractivity (Wildman–Crippen MR) is 94.9 cm³/mol. The second kappa shape index (κ2) is 7.43. The molecular formula is C17H21N7O. The highest BCUT2D eigenvalue weighted by Gasteiger charge is 2.13. The molecule has 130 valence electrons. The van der Waals surface area contributed by atoms with Crippen molar-refractivity contribution in [1.82, 2.24) is 24.6 Å². The number of hydrogen-bond donors (Lipinski definition) is 1. The van der Waals surface area contributed by atoms with Crippen molar-refractivity contribution in [2.45, 2.75) is 12.8 Å². The van der Waals surface area contributed by atoms with E-state index >= 15 is 0 Å². The van der Waals surface area contributed by atoms with Crippen LogP contribution < -0.4 is 10.2 Å². The molecule has 1 N–H and O–H groups in total. The molecule has 0 amide bonds. The first-order valence-corrected chi connectivity index (χ1v) is 8.57. The number of anilines is 2. The molecule has 0 spiro atoms. The quantitative estimate of drug-likeness (QED) is 0.680. The van der Waals surface area contributed by atoms with Gasteiger partial charge in [-0.2, -0.15) is 0 Å². The number of morpholine rings is 1. The molecule has 0 aliphatic carbocycles. The van der Waals surface area contributed by atoms with E-state index in [9.17, 15) is 0 Å². The van der Waals surface area contributed by atoms with Crippen LogP contribution >= 0.6 is 0 Å². The zero-order valence-electron chi connectivity index (χ0n) is 14.0. The summed E-state index contributed by atoms with van der Waals surface area (Å²) in [5.74, 6) is 2.78. The Labute approximate surface area is 145 Å². The third-order valence-electron chi connectivity index (χ3n) is 4.26. The molecule has 1 aliphatic rings. The molecule has 0 unspecified atom stereocenters. The zero-order valence-corrected chi connectivity index (χ0v) is 14.0. The van der Waals surface area contributed by atoms with Gasteiger partial charge < -0.3 is 15.0 Å². The van der Waals surface area contributed by atoms with E-state index in [0.29, 0.717) is 0 Å². The van der Waals surface area contributed by atoms with E-state index in [-0.39, 0.29) is 0 Å². The third kappa shape index (κ3) is 3.69. The summed E-state index contributed by atoms with van der Waals surface area (Å²) in [6, 6.07) is 7.92. The lowest BCUT2D eigenvalue weighted by Gasteiger charge is -2.27. The van der Waals surface area contributed by atoms with E-state index < -0.39 is 0 Å². The van der Waals surface area contributed by atoms with Gasteiger partial charge in [-0.05, 0) is 18.6 Å². The van der Waals surface area contributed by atoms with Crippen molar-refractivity contribution in [3.8, 4) is 0 Å². The van der Waals surface area contributed by atoms with Crippen LogP contribution in [0.15, 0.2) is 36.8 Å². The van der Waals surface area contributed by atoms with Crippen molar-refractivity contribution in [3.05, 3.63) is 42.6 Å². The number of nitrogens with one attached hydrogen (secondary N) is 1. The lowest BCUT2D eigenvalue weighted by atomic mass is 10.3. The molecule has 25 heavy (non-hydrogen) atoms. The van der Waals surface area contributed by atoms with Gasteiger partial charge in [0.2, 0.25) is 0 Å². The molecule has 4 rings (SSSR count). The summed E-state index contributed by atoms with van der Waals surface area (Å²) in [5.41, 5.74) is 0.886. The standard InChI is InChI=1S/C17H21N7O/c1-2-7-24-15(4-1)21-22-16(24)5-3-6-18-14-12-17(20-13-19-14)23-8-10-25-11-9-23/h1-2,4,7,12-13H,3,5-6,8-11H2,(H,18,19,20). The summed E-state index contributed by atoms with van der Waals surface area (Å²) < 4.78 is 7.41. The number of hydrogen-bond acceptors (Lipinski definition) is 7. The normalized spacial score (nSPS) is 14.8. The van der Waals surface area contributed by atoms with E-state index in [0.717, 1.165) is 68.8 Å². The zero-order chi connectivity index (χ0) is 16.9. The van der Waals surface area contributed by atoms with E-state index in [2.05, 4.69) is 30.4 Å². The number of rotatable bonds is 6. The smallest absolute Gasteiger partial charge is 0.160 e. The van der Waals surface area contributed by atoms with Gasteiger partial charge >= 0.3 is 0 Å². The second-order valence-electron chi connectivity index (χ2n) is 5.94. The minimum absolute atomic E-state index is 0.749. The number of fused-ring (bicyclic) bond motifs is 1. The molecule has 1 fully saturated rings. The fraction of sp³-hybridized carbons (Fsp3) is 0.412. The maximum Gasteiger partial charge on any atom is 0.160 e. The molecule has 3 aromatic heterocycles. The molecule has 0 radical (unpaired) electrons. The number of ether oxygens (including phenoxy) is 1. The lowest BCUT2D eigenvalue weighted by molar-refractivity contribution is 0.122. The summed E-state index contributed by atoms with van der Waals surface area (Å²) in [4.78, 5) is 10.9. The first-order valence-electron chi connectivity index (χ1n) is 8.57. The van der Waals surface area contributed by atoms with Crippen LogP contribution in [0.5, 0.6) is 0 Å². The molecule has 1 aliphatic heterocycles. The van der Waals surface area contributed by atoms with Crippen LogP contribution in [-0.4, -0.2) is 57.4 Å². The van der Waals surface area contributed by atoms with E-state index in [4.69, 9.17) is 4.74 Å². The Morgan fingerprint density at radius 3 is 2.96 bits per heavy atom. The number of nitrogens with zero attached hydrogens (tertiary/aromatic N) is 6. The van der Waals surface area contributed by atoms with Gasteiger partial charge in [-0.15, -0.1) is 10.2 Å². The molecule has 3 aromatic rings. The van der Waals surface area contributed by atoms with Crippen molar-refractivity contribution < 1.29 is 4.74 Å². The number of aromatic nitrogens is 5. The monoisotopic (exact) mass is 339 g/mol. The Morgan fingerprint density at radius 1 is 1.12 bits per heavy atom. The Morgan fingerprint density at radius 2 is 2.04 bits per heavy atom. The van der Waals surface area contributed by atoms with E-state index in [1.807, 2.05) is 34.9 Å². The van der Waals surface area contributed by atoms with Crippen molar-refractivity contribution >= 4 is 17.3 Å². The van der Waals surface area contributed by atoms with Gasteiger partial charge in [-0.1, -0.05) is 6.07 Å². The maximum atomic E-state index is 5.38. The largest absolute Gasteiger partial charge is 0.378 e. The van der Waals surface area contributed by atoms with E-state index in [1.165, 1.54) is 0 Å². The van der Waals surface area contributed by atoms with Gasteiger partial charge in [0.15, 0.2) is 5.65 Å². The predicted octanol–water partition coefficient (Wildman–Crippen LogP) is 1.40. The third-order valence-corrected chi connectivity index (χ3v) is 4.26.